The molecule has 1 aromatic rings. The lowest BCUT2D eigenvalue weighted by Crippen LogP contribution is -2.46. The van der Waals surface area contributed by atoms with Crippen molar-refractivity contribution in [2.45, 2.75) is 37.4 Å². The SMILES string of the molecule is Cc1c(C(F)(F)F)cccc1S(=O)(=O)NC(C)(C)CO. The first-order chi connectivity index (χ1) is 8.91. The quantitative estimate of drug-likeness (QED) is 0.894. The van der Waals surface area contributed by atoms with Crippen LogP contribution in [0.1, 0.15) is 25.0 Å². The van der Waals surface area contributed by atoms with Crippen LogP contribution in [0.2, 0.25) is 0 Å². The van der Waals surface area contributed by atoms with Gasteiger partial charge in [-0.3, -0.25) is 0 Å². The molecule has 0 aliphatic rings. The Morgan fingerprint density at radius 3 is 2.25 bits per heavy atom. The highest BCUT2D eigenvalue weighted by Crippen LogP contribution is 2.34. The van der Waals surface area contributed by atoms with Gasteiger partial charge in [0.15, 0.2) is 0 Å². The van der Waals surface area contributed by atoms with Gasteiger partial charge < -0.3 is 5.11 Å². The molecule has 2 N–H and O–H groups in total. The molecule has 0 aliphatic heterocycles. The molecule has 1 aromatic carbocycles. The van der Waals surface area contributed by atoms with Crippen LogP contribution in [0.4, 0.5) is 13.2 Å². The molecule has 0 aliphatic carbocycles. The molecule has 0 aromatic heterocycles. The zero-order valence-corrected chi connectivity index (χ0v) is 12.1. The summed E-state index contributed by atoms with van der Waals surface area (Å²) in [6, 6.07) is 2.96. The second-order valence-electron chi connectivity index (χ2n) is 5.07. The minimum Gasteiger partial charge on any atom is -0.394 e. The van der Waals surface area contributed by atoms with Crippen LogP contribution in [0.5, 0.6) is 0 Å². The zero-order chi connectivity index (χ0) is 15.8. The van der Waals surface area contributed by atoms with Gasteiger partial charge in [-0.2, -0.15) is 13.2 Å². The van der Waals surface area contributed by atoms with Gasteiger partial charge in [0.2, 0.25) is 10.0 Å². The number of rotatable bonds is 4. The van der Waals surface area contributed by atoms with Gasteiger partial charge in [0.25, 0.3) is 0 Å². The Balaban J connectivity index is 3.35. The van der Waals surface area contributed by atoms with E-state index >= 15 is 0 Å². The largest absolute Gasteiger partial charge is 0.416 e. The fourth-order valence-corrected chi connectivity index (χ4v) is 3.34. The summed E-state index contributed by atoms with van der Waals surface area (Å²) in [5, 5.41) is 9.05. The minimum atomic E-state index is -4.62. The smallest absolute Gasteiger partial charge is 0.394 e. The van der Waals surface area contributed by atoms with Crippen molar-refractivity contribution >= 4 is 10.0 Å². The summed E-state index contributed by atoms with van der Waals surface area (Å²) in [5.41, 5.74) is -2.54. The number of sulfonamides is 1. The molecular weight excluding hydrogens is 295 g/mol. The van der Waals surface area contributed by atoms with E-state index in [1.165, 1.54) is 13.8 Å². The number of alkyl halides is 3. The Hall–Kier alpha value is -1.12. The maximum atomic E-state index is 12.8. The second-order valence-corrected chi connectivity index (χ2v) is 6.72. The Labute approximate surface area is 115 Å². The minimum absolute atomic E-state index is 0.374. The highest BCUT2D eigenvalue weighted by Gasteiger charge is 2.35. The van der Waals surface area contributed by atoms with Crippen LogP contribution in [0.3, 0.4) is 0 Å². The van der Waals surface area contributed by atoms with Gasteiger partial charge in [-0.15, -0.1) is 0 Å². The molecule has 0 heterocycles. The number of nitrogens with one attached hydrogen (secondary N) is 1. The van der Waals surface area contributed by atoms with Crippen molar-refractivity contribution < 1.29 is 26.7 Å². The molecule has 0 atom stereocenters. The first-order valence-corrected chi connectivity index (χ1v) is 7.21. The number of hydrogen-bond acceptors (Lipinski definition) is 3. The lowest BCUT2D eigenvalue weighted by Gasteiger charge is -2.24. The summed E-state index contributed by atoms with van der Waals surface area (Å²) in [4.78, 5) is -0.450. The molecule has 0 unspecified atom stereocenters. The van der Waals surface area contributed by atoms with E-state index in [0.717, 1.165) is 25.1 Å². The van der Waals surface area contributed by atoms with E-state index in [-0.39, 0.29) is 5.56 Å². The predicted molar refractivity (Wildman–Crippen MR) is 67.7 cm³/mol. The van der Waals surface area contributed by atoms with E-state index in [0.29, 0.717) is 0 Å². The highest BCUT2D eigenvalue weighted by atomic mass is 32.2. The molecular formula is C12H16F3NO3S. The van der Waals surface area contributed by atoms with Crippen LogP contribution in [0.25, 0.3) is 0 Å². The average Bonchev–Trinajstić information content (AvgIpc) is 2.26. The van der Waals surface area contributed by atoms with Crippen molar-refractivity contribution in [1.82, 2.24) is 4.72 Å². The van der Waals surface area contributed by atoms with Crippen molar-refractivity contribution in [3.63, 3.8) is 0 Å². The third kappa shape index (κ3) is 3.71. The van der Waals surface area contributed by atoms with E-state index in [4.69, 9.17) is 5.11 Å². The first kappa shape index (κ1) is 16.9. The van der Waals surface area contributed by atoms with Gasteiger partial charge in [0.1, 0.15) is 0 Å². The molecule has 0 saturated carbocycles. The number of halogens is 3. The molecule has 20 heavy (non-hydrogen) atoms. The Kier molecular flexibility index (Phi) is 4.52. The maximum absolute atomic E-state index is 12.8. The third-order valence-electron chi connectivity index (χ3n) is 2.68. The van der Waals surface area contributed by atoms with Crippen molar-refractivity contribution in [2.75, 3.05) is 6.61 Å². The molecule has 0 radical (unpaired) electrons. The van der Waals surface area contributed by atoms with Crippen molar-refractivity contribution in [1.29, 1.82) is 0 Å². The molecule has 0 bridgehead atoms. The summed E-state index contributed by atoms with van der Waals surface area (Å²) < 4.78 is 64.7. The summed E-state index contributed by atoms with van der Waals surface area (Å²) >= 11 is 0. The average molecular weight is 311 g/mol. The maximum Gasteiger partial charge on any atom is 0.416 e. The van der Waals surface area contributed by atoms with Gasteiger partial charge in [0, 0.05) is 0 Å². The van der Waals surface area contributed by atoms with Crippen LogP contribution in [0, 0.1) is 6.92 Å². The molecule has 114 valence electrons. The van der Waals surface area contributed by atoms with E-state index < -0.39 is 38.8 Å². The highest BCUT2D eigenvalue weighted by molar-refractivity contribution is 7.89. The zero-order valence-electron chi connectivity index (χ0n) is 11.2. The van der Waals surface area contributed by atoms with E-state index in [1.54, 1.807) is 0 Å². The van der Waals surface area contributed by atoms with E-state index in [1.807, 2.05) is 0 Å². The van der Waals surface area contributed by atoms with E-state index in [9.17, 15) is 21.6 Å². The van der Waals surface area contributed by atoms with Crippen molar-refractivity contribution in [3.05, 3.63) is 29.3 Å². The fourth-order valence-electron chi connectivity index (χ4n) is 1.66. The predicted octanol–water partition coefficient (Wildman–Crippen LogP) is 2.06. The van der Waals surface area contributed by atoms with Crippen LogP contribution >= 0.6 is 0 Å². The van der Waals surface area contributed by atoms with Crippen LogP contribution < -0.4 is 4.72 Å². The number of hydrogen-bond donors (Lipinski definition) is 2. The first-order valence-electron chi connectivity index (χ1n) is 5.72. The number of aliphatic hydroxyl groups is 1. The fraction of sp³-hybridized carbons (Fsp3) is 0.500. The summed E-state index contributed by atoms with van der Waals surface area (Å²) in [5.74, 6) is 0. The monoisotopic (exact) mass is 311 g/mol. The standard InChI is InChI=1S/C12H16F3NO3S/c1-8-9(12(13,14)15)5-4-6-10(8)20(18,19)16-11(2,3)7-17/h4-6,16-17H,7H2,1-3H3. The van der Waals surface area contributed by atoms with Crippen LogP contribution in [-0.2, 0) is 16.2 Å². The molecule has 0 amide bonds. The van der Waals surface area contributed by atoms with Gasteiger partial charge >= 0.3 is 6.18 Å². The van der Waals surface area contributed by atoms with Crippen molar-refractivity contribution in [3.8, 4) is 0 Å². The van der Waals surface area contributed by atoms with Gasteiger partial charge in [-0.25, -0.2) is 13.1 Å². The molecule has 1 rings (SSSR count). The van der Waals surface area contributed by atoms with Crippen LogP contribution in [-0.4, -0.2) is 25.7 Å². The Morgan fingerprint density at radius 1 is 1.25 bits per heavy atom. The van der Waals surface area contributed by atoms with Gasteiger partial charge in [-0.05, 0) is 38.5 Å². The lowest BCUT2D eigenvalue weighted by molar-refractivity contribution is -0.138. The molecule has 0 spiro atoms. The molecule has 0 fully saturated rings. The Bertz CT molecular complexity index is 594. The summed E-state index contributed by atoms with van der Waals surface area (Å²) in [7, 11) is -4.15. The third-order valence-corrected chi connectivity index (χ3v) is 4.53. The Morgan fingerprint density at radius 2 is 1.80 bits per heavy atom. The summed E-state index contributed by atoms with van der Waals surface area (Å²) in [6.45, 7) is 3.47. The topological polar surface area (TPSA) is 66.4 Å². The molecule has 0 saturated heterocycles. The number of benzene rings is 1. The van der Waals surface area contributed by atoms with Gasteiger partial charge in [0.05, 0.1) is 22.6 Å². The van der Waals surface area contributed by atoms with Crippen LogP contribution in [0.15, 0.2) is 23.1 Å². The molecule has 8 heteroatoms. The van der Waals surface area contributed by atoms with Crippen molar-refractivity contribution in [2.24, 2.45) is 0 Å². The molecule has 4 nitrogen and oxygen atoms in total. The second kappa shape index (κ2) is 5.34. The summed E-state index contributed by atoms with van der Waals surface area (Å²) in [6.07, 6.45) is -4.62. The van der Waals surface area contributed by atoms with Gasteiger partial charge in [-0.1, -0.05) is 6.07 Å². The lowest BCUT2D eigenvalue weighted by atomic mass is 10.1. The number of aliphatic hydroxyl groups excluding tert-OH is 1. The normalized spacial score (nSPS) is 13.6. The van der Waals surface area contributed by atoms with E-state index in [2.05, 4.69) is 4.72 Å².